The second-order valence-electron chi connectivity index (χ2n) is 5.58. The van der Waals surface area contributed by atoms with Crippen molar-refractivity contribution >= 4 is 11.5 Å². The monoisotopic (exact) mass is 330 g/mol. The summed E-state index contributed by atoms with van der Waals surface area (Å²) in [4.78, 5) is 11.4. The molecule has 0 fully saturated rings. The van der Waals surface area contributed by atoms with E-state index in [9.17, 15) is 9.90 Å². The lowest BCUT2D eigenvalue weighted by Crippen LogP contribution is -2.05. The van der Waals surface area contributed by atoms with Gasteiger partial charge in [-0.25, -0.2) is 4.79 Å². The molecule has 0 saturated carbocycles. The molecular weight excluding hydrogens is 304 g/mol. The van der Waals surface area contributed by atoms with Crippen LogP contribution in [0.5, 0.6) is 5.75 Å². The maximum Gasteiger partial charge on any atom is 0.339 e. The summed E-state index contributed by atoms with van der Waals surface area (Å²) in [7, 11) is 1.42. The molecule has 0 aromatic heterocycles. The summed E-state index contributed by atoms with van der Waals surface area (Å²) in [5.41, 5.74) is 3.05. The van der Waals surface area contributed by atoms with E-state index in [1.165, 1.54) is 18.9 Å². The first-order chi connectivity index (χ1) is 11.5. The van der Waals surface area contributed by atoms with Gasteiger partial charge in [-0.1, -0.05) is 35.9 Å². The molecule has 0 aliphatic carbocycles. The standard InChI is InChI=1S/C20H26O4/c1-5-15(2)9-8-10-16(3)13-24-19-12-7-6-11-17(19)18(14-23-4)20(21)22/h5-7,10-12,14H,8-9,13H2,1-4H3,(H,21,22). The van der Waals surface area contributed by atoms with Gasteiger partial charge in [0.1, 0.15) is 17.9 Å². The van der Waals surface area contributed by atoms with E-state index in [0.717, 1.165) is 18.4 Å². The third kappa shape index (κ3) is 6.32. The molecule has 4 heteroatoms. The highest BCUT2D eigenvalue weighted by molar-refractivity contribution is 6.15. The molecule has 0 amide bonds. The van der Waals surface area contributed by atoms with Crippen LogP contribution in [0.4, 0.5) is 0 Å². The lowest BCUT2D eigenvalue weighted by Gasteiger charge is -2.12. The van der Waals surface area contributed by atoms with E-state index >= 15 is 0 Å². The number of hydrogen-bond acceptors (Lipinski definition) is 3. The molecule has 0 bridgehead atoms. The lowest BCUT2D eigenvalue weighted by atomic mass is 10.1. The number of benzene rings is 1. The smallest absolute Gasteiger partial charge is 0.339 e. The van der Waals surface area contributed by atoms with Crippen LogP contribution in [0.3, 0.4) is 0 Å². The van der Waals surface area contributed by atoms with Crippen LogP contribution < -0.4 is 4.74 Å². The Morgan fingerprint density at radius 1 is 1.21 bits per heavy atom. The van der Waals surface area contributed by atoms with Gasteiger partial charge in [0.15, 0.2) is 0 Å². The fourth-order valence-electron chi connectivity index (χ4n) is 2.10. The molecule has 0 radical (unpaired) electrons. The SMILES string of the molecule is CC=C(C)CCC=C(C)COc1ccccc1C(=COC)C(=O)O. The van der Waals surface area contributed by atoms with Crippen molar-refractivity contribution in [1.29, 1.82) is 0 Å². The van der Waals surface area contributed by atoms with E-state index in [1.807, 2.05) is 19.9 Å². The quantitative estimate of drug-likeness (QED) is 0.400. The summed E-state index contributed by atoms with van der Waals surface area (Å²) in [6.07, 6.45) is 7.48. The third-order valence-electron chi connectivity index (χ3n) is 3.62. The number of carboxylic acid groups (broad SMARTS) is 1. The van der Waals surface area contributed by atoms with Gasteiger partial charge >= 0.3 is 5.97 Å². The fraction of sp³-hybridized carbons (Fsp3) is 0.350. The number of rotatable bonds is 9. The second kappa shape index (κ2) is 10.3. The summed E-state index contributed by atoms with van der Waals surface area (Å²) < 4.78 is 10.7. The van der Waals surface area contributed by atoms with Crippen LogP contribution in [0.2, 0.25) is 0 Å². The van der Waals surface area contributed by atoms with Crippen molar-refractivity contribution in [3.63, 3.8) is 0 Å². The van der Waals surface area contributed by atoms with Gasteiger partial charge in [0, 0.05) is 5.56 Å². The molecule has 0 aliphatic rings. The van der Waals surface area contributed by atoms with E-state index in [1.54, 1.807) is 18.2 Å². The highest BCUT2D eigenvalue weighted by Gasteiger charge is 2.15. The maximum atomic E-state index is 11.4. The van der Waals surface area contributed by atoms with E-state index in [2.05, 4.69) is 19.1 Å². The minimum Gasteiger partial charge on any atom is -0.503 e. The van der Waals surface area contributed by atoms with E-state index in [4.69, 9.17) is 9.47 Å². The minimum absolute atomic E-state index is 0.0680. The van der Waals surface area contributed by atoms with E-state index < -0.39 is 5.97 Å². The summed E-state index contributed by atoms with van der Waals surface area (Å²) in [5.74, 6) is -0.525. The highest BCUT2D eigenvalue weighted by Crippen LogP contribution is 2.26. The zero-order valence-electron chi connectivity index (χ0n) is 14.8. The van der Waals surface area contributed by atoms with E-state index in [0.29, 0.717) is 17.9 Å². The molecule has 24 heavy (non-hydrogen) atoms. The molecule has 130 valence electrons. The van der Waals surface area contributed by atoms with Gasteiger partial charge in [0.05, 0.1) is 13.4 Å². The largest absolute Gasteiger partial charge is 0.503 e. The number of ether oxygens (including phenoxy) is 2. The first-order valence-corrected chi connectivity index (χ1v) is 7.95. The third-order valence-corrected chi connectivity index (χ3v) is 3.62. The first-order valence-electron chi connectivity index (χ1n) is 7.95. The Kier molecular flexibility index (Phi) is 8.41. The van der Waals surface area contributed by atoms with E-state index in [-0.39, 0.29) is 5.57 Å². The fourth-order valence-corrected chi connectivity index (χ4v) is 2.10. The number of hydrogen-bond donors (Lipinski definition) is 1. The van der Waals surface area contributed by atoms with Crippen molar-refractivity contribution < 1.29 is 19.4 Å². The molecule has 1 rings (SSSR count). The molecule has 1 aromatic carbocycles. The Hall–Kier alpha value is -2.49. The molecule has 0 aliphatic heterocycles. The number of allylic oxidation sites excluding steroid dienone is 3. The first kappa shape index (κ1) is 19.6. The average Bonchev–Trinajstić information content (AvgIpc) is 2.57. The van der Waals surface area contributed by atoms with Crippen LogP contribution >= 0.6 is 0 Å². The van der Waals surface area contributed by atoms with Crippen LogP contribution in [-0.2, 0) is 9.53 Å². The van der Waals surface area contributed by atoms with Crippen LogP contribution in [0.15, 0.2) is 53.8 Å². The zero-order valence-corrected chi connectivity index (χ0v) is 14.8. The molecule has 0 unspecified atom stereocenters. The second-order valence-corrected chi connectivity index (χ2v) is 5.58. The van der Waals surface area contributed by atoms with Crippen molar-refractivity contribution in [3.8, 4) is 5.75 Å². The number of methoxy groups -OCH3 is 1. The summed E-state index contributed by atoms with van der Waals surface area (Å²) in [5, 5.41) is 9.33. The molecule has 1 aromatic rings. The molecule has 4 nitrogen and oxygen atoms in total. The number of carbonyl (C=O) groups is 1. The van der Waals surface area contributed by atoms with Crippen LogP contribution in [0.25, 0.3) is 5.57 Å². The predicted octanol–water partition coefficient (Wildman–Crippen LogP) is 4.83. The Bertz CT molecular complexity index is 639. The number of aliphatic carboxylic acids is 1. The maximum absolute atomic E-state index is 11.4. The van der Waals surface area contributed by atoms with Gasteiger partial charge in [-0.05, 0) is 45.3 Å². The van der Waals surface area contributed by atoms with Crippen molar-refractivity contribution in [2.75, 3.05) is 13.7 Å². The Labute approximate surface area is 144 Å². The number of para-hydroxylation sites is 1. The normalized spacial score (nSPS) is 12.9. The molecule has 0 heterocycles. The Morgan fingerprint density at radius 2 is 1.92 bits per heavy atom. The molecule has 0 saturated heterocycles. The van der Waals surface area contributed by atoms with Crippen molar-refractivity contribution in [3.05, 3.63) is 59.4 Å². The highest BCUT2D eigenvalue weighted by atomic mass is 16.5. The molecule has 0 atom stereocenters. The van der Waals surface area contributed by atoms with Gasteiger partial charge in [-0.3, -0.25) is 0 Å². The summed E-state index contributed by atoms with van der Waals surface area (Å²) in [6.45, 7) is 6.59. The van der Waals surface area contributed by atoms with Gasteiger partial charge in [0.2, 0.25) is 0 Å². The Morgan fingerprint density at radius 3 is 2.54 bits per heavy atom. The van der Waals surface area contributed by atoms with Gasteiger partial charge in [-0.15, -0.1) is 0 Å². The number of carboxylic acids is 1. The van der Waals surface area contributed by atoms with Crippen molar-refractivity contribution in [1.82, 2.24) is 0 Å². The molecule has 1 N–H and O–H groups in total. The summed E-state index contributed by atoms with van der Waals surface area (Å²) >= 11 is 0. The van der Waals surface area contributed by atoms with Crippen LogP contribution in [-0.4, -0.2) is 24.8 Å². The average molecular weight is 330 g/mol. The molecular formula is C20H26O4. The zero-order chi connectivity index (χ0) is 17.9. The molecule has 0 spiro atoms. The van der Waals surface area contributed by atoms with Crippen LogP contribution in [0, 0.1) is 0 Å². The summed E-state index contributed by atoms with van der Waals surface area (Å²) in [6, 6.07) is 7.07. The van der Waals surface area contributed by atoms with Gasteiger partial charge in [0.25, 0.3) is 0 Å². The van der Waals surface area contributed by atoms with Crippen molar-refractivity contribution in [2.45, 2.75) is 33.6 Å². The predicted molar refractivity (Wildman–Crippen MR) is 97.0 cm³/mol. The van der Waals surface area contributed by atoms with Gasteiger partial charge in [-0.2, -0.15) is 0 Å². The Balaban J connectivity index is 2.80. The minimum atomic E-state index is -1.05. The van der Waals surface area contributed by atoms with Crippen LogP contribution in [0.1, 0.15) is 39.2 Å². The van der Waals surface area contributed by atoms with Crippen molar-refractivity contribution in [2.24, 2.45) is 0 Å². The lowest BCUT2D eigenvalue weighted by molar-refractivity contribution is -0.130. The topological polar surface area (TPSA) is 55.8 Å². The van der Waals surface area contributed by atoms with Gasteiger partial charge < -0.3 is 14.6 Å².